The molecule has 0 unspecified atom stereocenters. The standard InChI is InChI=1S/C23H22Cl2O5/c1-23(2)15-7-12(30-10-20(28)19(27)9-26)3-4-13(15)22(29)21-14-8-18(25)17(24)6-11(14)5-16(21)23/h3-4,6-8,19-20,26-28H,5,9-10H2,1-2H3/t19-,20-/m1/s1. The van der Waals surface area contributed by atoms with Crippen molar-refractivity contribution in [1.29, 1.82) is 0 Å². The molecule has 0 fully saturated rings. The molecule has 0 spiro atoms. The molecule has 4 rings (SSSR count). The Morgan fingerprint density at radius 3 is 2.47 bits per heavy atom. The Kier molecular flexibility index (Phi) is 5.45. The lowest BCUT2D eigenvalue weighted by molar-refractivity contribution is -0.0339. The molecular weight excluding hydrogens is 427 g/mol. The number of benzene rings is 2. The van der Waals surface area contributed by atoms with Gasteiger partial charge in [0.1, 0.15) is 24.6 Å². The van der Waals surface area contributed by atoms with Crippen LogP contribution in [0.15, 0.2) is 35.9 Å². The molecule has 158 valence electrons. The van der Waals surface area contributed by atoms with Crippen LogP contribution in [0.4, 0.5) is 0 Å². The molecule has 0 aliphatic heterocycles. The quantitative estimate of drug-likeness (QED) is 0.650. The van der Waals surface area contributed by atoms with Crippen molar-refractivity contribution in [3.05, 3.63) is 68.2 Å². The molecule has 30 heavy (non-hydrogen) atoms. The normalized spacial score (nSPS) is 18.6. The van der Waals surface area contributed by atoms with Gasteiger partial charge in [-0.15, -0.1) is 0 Å². The average Bonchev–Trinajstić information content (AvgIpc) is 3.09. The topological polar surface area (TPSA) is 87.0 Å². The van der Waals surface area contributed by atoms with Gasteiger partial charge in [0.25, 0.3) is 0 Å². The van der Waals surface area contributed by atoms with Crippen LogP contribution in [0.1, 0.15) is 40.9 Å². The molecule has 5 nitrogen and oxygen atoms in total. The number of hydrogen-bond acceptors (Lipinski definition) is 5. The van der Waals surface area contributed by atoms with E-state index >= 15 is 0 Å². The second kappa shape index (κ2) is 7.66. The second-order valence-corrected chi connectivity index (χ2v) is 9.06. The van der Waals surface area contributed by atoms with Gasteiger partial charge in [0.05, 0.1) is 16.7 Å². The summed E-state index contributed by atoms with van der Waals surface area (Å²) in [7, 11) is 0. The van der Waals surface area contributed by atoms with Crippen LogP contribution < -0.4 is 4.74 Å². The number of ketones is 1. The lowest BCUT2D eigenvalue weighted by Gasteiger charge is -2.34. The van der Waals surface area contributed by atoms with E-state index in [0.717, 1.165) is 22.3 Å². The van der Waals surface area contributed by atoms with Gasteiger partial charge in [-0.1, -0.05) is 37.0 Å². The monoisotopic (exact) mass is 448 g/mol. The molecule has 0 bridgehead atoms. The van der Waals surface area contributed by atoms with Gasteiger partial charge in [0.15, 0.2) is 5.78 Å². The maximum atomic E-state index is 13.4. The minimum absolute atomic E-state index is 0.0567. The number of halogens is 2. The van der Waals surface area contributed by atoms with Crippen molar-refractivity contribution in [2.24, 2.45) is 0 Å². The molecule has 2 atom stereocenters. The summed E-state index contributed by atoms with van der Waals surface area (Å²) in [6.45, 7) is 3.40. The van der Waals surface area contributed by atoms with Gasteiger partial charge in [-0.2, -0.15) is 0 Å². The van der Waals surface area contributed by atoms with Crippen LogP contribution in [0.25, 0.3) is 5.57 Å². The molecule has 0 saturated carbocycles. The largest absolute Gasteiger partial charge is 0.491 e. The highest BCUT2D eigenvalue weighted by atomic mass is 35.5. The fraction of sp³-hybridized carbons (Fsp3) is 0.348. The Morgan fingerprint density at radius 2 is 1.77 bits per heavy atom. The minimum Gasteiger partial charge on any atom is -0.491 e. The molecule has 2 aromatic carbocycles. The Bertz CT molecular complexity index is 1070. The minimum atomic E-state index is -1.27. The summed E-state index contributed by atoms with van der Waals surface area (Å²) in [4.78, 5) is 13.4. The van der Waals surface area contributed by atoms with Gasteiger partial charge >= 0.3 is 0 Å². The van der Waals surface area contributed by atoms with E-state index in [1.165, 1.54) is 0 Å². The third-order valence-corrected chi connectivity index (χ3v) is 6.75. The number of Topliss-reactive ketones (excluding diaryl/α,β-unsaturated/α-hetero) is 1. The van der Waals surface area contributed by atoms with E-state index < -0.39 is 24.2 Å². The van der Waals surface area contributed by atoms with Crippen LogP contribution in [0.2, 0.25) is 10.0 Å². The van der Waals surface area contributed by atoms with Gasteiger partial charge < -0.3 is 20.1 Å². The first-order chi connectivity index (χ1) is 14.1. The maximum Gasteiger partial charge on any atom is 0.193 e. The number of ether oxygens (including phenoxy) is 1. The highest BCUT2D eigenvalue weighted by molar-refractivity contribution is 6.42. The molecule has 2 aliphatic carbocycles. The first-order valence-corrected chi connectivity index (χ1v) is 10.4. The lowest BCUT2D eigenvalue weighted by Crippen LogP contribution is -2.34. The Morgan fingerprint density at radius 1 is 1.07 bits per heavy atom. The van der Waals surface area contributed by atoms with Crippen LogP contribution in [0, 0.1) is 0 Å². The average molecular weight is 449 g/mol. The highest BCUT2D eigenvalue weighted by Gasteiger charge is 2.43. The molecule has 0 radical (unpaired) electrons. The summed E-state index contributed by atoms with van der Waals surface area (Å²) >= 11 is 12.4. The van der Waals surface area contributed by atoms with Crippen LogP contribution in [0.3, 0.4) is 0 Å². The smallest absolute Gasteiger partial charge is 0.193 e. The number of allylic oxidation sites excluding steroid dienone is 2. The number of carbonyl (C=O) groups is 1. The zero-order valence-electron chi connectivity index (χ0n) is 16.6. The van der Waals surface area contributed by atoms with Gasteiger partial charge in [-0.05, 0) is 59.0 Å². The van der Waals surface area contributed by atoms with Crippen molar-refractivity contribution in [1.82, 2.24) is 0 Å². The summed E-state index contributed by atoms with van der Waals surface area (Å²) in [5.41, 5.74) is 4.54. The van der Waals surface area contributed by atoms with Crippen LogP contribution in [-0.2, 0) is 11.8 Å². The van der Waals surface area contributed by atoms with Crippen molar-refractivity contribution in [2.45, 2.75) is 37.9 Å². The van der Waals surface area contributed by atoms with Crippen molar-refractivity contribution in [3.8, 4) is 5.75 Å². The third kappa shape index (κ3) is 3.35. The number of fused-ring (bicyclic) bond motifs is 3. The van der Waals surface area contributed by atoms with Gasteiger partial charge in [0, 0.05) is 16.6 Å². The fourth-order valence-electron chi connectivity index (χ4n) is 4.24. The molecule has 0 aromatic heterocycles. The van der Waals surface area contributed by atoms with Crippen LogP contribution >= 0.6 is 23.2 Å². The van der Waals surface area contributed by atoms with Crippen molar-refractivity contribution < 1.29 is 24.9 Å². The first kappa shape index (κ1) is 21.3. The molecule has 0 saturated heterocycles. The molecule has 7 heteroatoms. The Balaban J connectivity index is 1.70. The summed E-state index contributed by atoms with van der Waals surface area (Å²) in [5, 5.41) is 29.1. The zero-order valence-corrected chi connectivity index (χ0v) is 18.1. The number of aliphatic hydroxyl groups is 3. The van der Waals surface area contributed by atoms with Crippen LogP contribution in [-0.4, -0.2) is 46.5 Å². The third-order valence-electron chi connectivity index (χ3n) is 6.03. The summed E-state index contributed by atoms with van der Waals surface area (Å²) in [6, 6.07) is 8.79. The number of carbonyl (C=O) groups excluding carboxylic acids is 1. The molecule has 2 aromatic rings. The lowest BCUT2D eigenvalue weighted by atomic mass is 9.68. The summed E-state index contributed by atoms with van der Waals surface area (Å²) < 4.78 is 5.61. The first-order valence-electron chi connectivity index (χ1n) is 9.66. The predicted octanol–water partition coefficient (Wildman–Crippen LogP) is 3.57. The molecule has 2 aliphatic rings. The van der Waals surface area contributed by atoms with E-state index in [4.69, 9.17) is 33.0 Å². The summed E-state index contributed by atoms with van der Waals surface area (Å²) in [6.07, 6.45) is -1.87. The maximum absolute atomic E-state index is 13.4. The second-order valence-electron chi connectivity index (χ2n) is 8.24. The highest BCUT2D eigenvalue weighted by Crippen LogP contribution is 2.51. The van der Waals surface area contributed by atoms with Crippen LogP contribution in [0.5, 0.6) is 5.75 Å². The van der Waals surface area contributed by atoms with E-state index in [9.17, 15) is 15.0 Å². The van der Waals surface area contributed by atoms with Crippen molar-refractivity contribution in [2.75, 3.05) is 13.2 Å². The number of aliphatic hydroxyl groups excluding tert-OH is 3. The molecule has 0 amide bonds. The summed E-state index contributed by atoms with van der Waals surface area (Å²) in [5.74, 6) is 0.420. The molecule has 0 heterocycles. The van der Waals surface area contributed by atoms with Gasteiger partial charge in [-0.3, -0.25) is 4.79 Å². The van der Waals surface area contributed by atoms with Gasteiger partial charge in [-0.25, -0.2) is 0 Å². The van der Waals surface area contributed by atoms with Crippen molar-refractivity contribution >= 4 is 34.6 Å². The predicted molar refractivity (Wildman–Crippen MR) is 115 cm³/mol. The number of hydrogen-bond donors (Lipinski definition) is 3. The van der Waals surface area contributed by atoms with E-state index in [1.54, 1.807) is 24.3 Å². The Labute approximate surface area is 184 Å². The Hall–Kier alpha value is -1.89. The SMILES string of the molecule is CC1(C)C2=C(C(=O)c3ccc(OC[C@@H](O)[C@H](O)CO)cc31)c1cc(Cl)c(Cl)cc1C2. The van der Waals surface area contributed by atoms with E-state index in [-0.39, 0.29) is 12.4 Å². The molecule has 3 N–H and O–H groups in total. The van der Waals surface area contributed by atoms with Gasteiger partial charge in [0.2, 0.25) is 0 Å². The van der Waals surface area contributed by atoms with E-state index in [1.807, 2.05) is 6.07 Å². The number of rotatable bonds is 5. The van der Waals surface area contributed by atoms with E-state index in [0.29, 0.717) is 33.4 Å². The molecular formula is C23H22Cl2O5. The zero-order chi connectivity index (χ0) is 21.8. The van der Waals surface area contributed by atoms with E-state index in [2.05, 4.69) is 13.8 Å². The van der Waals surface area contributed by atoms with Crippen molar-refractivity contribution in [3.63, 3.8) is 0 Å². The fourth-order valence-corrected chi connectivity index (χ4v) is 4.59.